The quantitative estimate of drug-likeness (QED) is 0.682. The number of pyridine rings is 1. The highest BCUT2D eigenvalue weighted by Crippen LogP contribution is 2.43. The smallest absolute Gasteiger partial charge is 0.332 e. The monoisotopic (exact) mass is 397 g/mol. The van der Waals surface area contributed by atoms with E-state index in [-0.39, 0.29) is 28.0 Å². The minimum Gasteiger partial charge on any atom is -0.493 e. The van der Waals surface area contributed by atoms with Crippen LogP contribution in [0.3, 0.4) is 0 Å². The molecule has 0 saturated carbocycles. The first-order chi connectivity index (χ1) is 13.8. The van der Waals surface area contributed by atoms with Crippen molar-refractivity contribution in [3.63, 3.8) is 0 Å². The summed E-state index contributed by atoms with van der Waals surface area (Å²) in [7, 11) is 7.20. The van der Waals surface area contributed by atoms with Gasteiger partial charge in [-0.3, -0.25) is 13.9 Å². The molecule has 2 heterocycles. The molecule has 10 heteroatoms. The molecule has 0 aliphatic rings. The molecule has 0 unspecified atom stereocenters. The molecule has 0 aliphatic heterocycles. The first-order valence-electron chi connectivity index (χ1n) is 8.40. The minimum absolute atomic E-state index is 0.00234. The topological polar surface area (TPSA) is 134 Å². The highest BCUT2D eigenvalue weighted by Gasteiger charge is 2.24. The van der Waals surface area contributed by atoms with E-state index in [2.05, 4.69) is 4.98 Å². The lowest BCUT2D eigenvalue weighted by molar-refractivity contribution is 0.324. The van der Waals surface area contributed by atoms with Gasteiger partial charge >= 0.3 is 5.69 Å². The molecule has 3 rings (SSSR count). The van der Waals surface area contributed by atoms with Gasteiger partial charge in [-0.05, 0) is 17.7 Å². The lowest BCUT2D eigenvalue weighted by atomic mass is 9.97. The minimum atomic E-state index is -0.601. The number of nitriles is 1. The van der Waals surface area contributed by atoms with Gasteiger partial charge in [0.15, 0.2) is 17.1 Å². The second kappa shape index (κ2) is 7.20. The largest absolute Gasteiger partial charge is 0.493 e. The molecule has 150 valence electrons. The van der Waals surface area contributed by atoms with E-state index in [1.54, 1.807) is 12.1 Å². The SMILES string of the molecule is COc1cc(-c2c(C#N)c(N)nc3c2c(=O)n(C)c(=O)n3C)cc(OC)c1OC. The number of nitrogen functional groups attached to an aromatic ring is 1. The Morgan fingerprint density at radius 3 is 2.10 bits per heavy atom. The second-order valence-corrected chi connectivity index (χ2v) is 6.18. The number of methoxy groups -OCH3 is 3. The molecule has 0 atom stereocenters. The van der Waals surface area contributed by atoms with E-state index in [0.717, 1.165) is 4.57 Å². The van der Waals surface area contributed by atoms with Crippen molar-refractivity contribution in [2.24, 2.45) is 14.1 Å². The number of rotatable bonds is 4. The molecule has 0 fully saturated rings. The van der Waals surface area contributed by atoms with Crippen molar-refractivity contribution >= 4 is 16.9 Å². The molecule has 10 nitrogen and oxygen atoms in total. The van der Waals surface area contributed by atoms with Crippen LogP contribution in [0.1, 0.15) is 5.56 Å². The Kier molecular flexibility index (Phi) is 4.90. The van der Waals surface area contributed by atoms with E-state index < -0.39 is 11.2 Å². The molecular formula is C19H19N5O5. The fraction of sp³-hybridized carbons (Fsp3) is 0.263. The van der Waals surface area contributed by atoms with Crippen molar-refractivity contribution in [2.75, 3.05) is 27.1 Å². The first kappa shape index (κ1) is 19.8. The van der Waals surface area contributed by atoms with Crippen molar-refractivity contribution < 1.29 is 14.2 Å². The van der Waals surface area contributed by atoms with Crippen LogP contribution in [0, 0.1) is 11.3 Å². The summed E-state index contributed by atoms with van der Waals surface area (Å²) in [6, 6.07) is 5.20. The van der Waals surface area contributed by atoms with Crippen LogP contribution >= 0.6 is 0 Å². The third kappa shape index (κ3) is 2.84. The third-order valence-electron chi connectivity index (χ3n) is 4.68. The number of anilines is 1. The number of aryl methyl sites for hydroxylation is 1. The van der Waals surface area contributed by atoms with Gasteiger partial charge in [-0.2, -0.15) is 5.26 Å². The number of hydrogen-bond donors (Lipinski definition) is 1. The molecule has 0 aliphatic carbocycles. The van der Waals surface area contributed by atoms with Gasteiger partial charge in [0.1, 0.15) is 17.5 Å². The molecule has 1 aromatic carbocycles. The van der Waals surface area contributed by atoms with Crippen LogP contribution < -0.4 is 31.2 Å². The number of nitrogens with zero attached hydrogens (tertiary/aromatic N) is 4. The van der Waals surface area contributed by atoms with Crippen LogP contribution in [-0.2, 0) is 14.1 Å². The summed E-state index contributed by atoms with van der Waals surface area (Å²) < 4.78 is 18.2. The molecule has 29 heavy (non-hydrogen) atoms. The summed E-state index contributed by atoms with van der Waals surface area (Å²) in [6.45, 7) is 0. The average Bonchev–Trinajstić information content (AvgIpc) is 2.74. The van der Waals surface area contributed by atoms with Gasteiger partial charge in [-0.15, -0.1) is 0 Å². The number of hydrogen-bond acceptors (Lipinski definition) is 8. The van der Waals surface area contributed by atoms with Crippen molar-refractivity contribution in [3.05, 3.63) is 38.5 Å². The Hall–Kier alpha value is -4.00. The normalized spacial score (nSPS) is 10.6. The van der Waals surface area contributed by atoms with E-state index in [1.165, 1.54) is 40.0 Å². The van der Waals surface area contributed by atoms with Crippen molar-refractivity contribution in [3.8, 4) is 34.4 Å². The Morgan fingerprint density at radius 2 is 1.62 bits per heavy atom. The Balaban J connectivity index is 2.62. The average molecular weight is 397 g/mol. The van der Waals surface area contributed by atoms with E-state index in [1.807, 2.05) is 6.07 Å². The lowest BCUT2D eigenvalue weighted by Gasteiger charge is -2.17. The van der Waals surface area contributed by atoms with Crippen LogP contribution in [0.5, 0.6) is 17.2 Å². The first-order valence-corrected chi connectivity index (χ1v) is 8.40. The lowest BCUT2D eigenvalue weighted by Crippen LogP contribution is -2.37. The summed E-state index contributed by atoms with van der Waals surface area (Å²) in [5, 5.41) is 9.80. The molecule has 0 spiro atoms. The van der Waals surface area contributed by atoms with Gasteiger partial charge in [-0.1, -0.05) is 0 Å². The maximum absolute atomic E-state index is 13.0. The molecule has 0 amide bonds. The molecule has 2 aromatic heterocycles. The molecule has 0 saturated heterocycles. The summed E-state index contributed by atoms with van der Waals surface area (Å²) in [4.78, 5) is 29.4. The van der Waals surface area contributed by atoms with E-state index >= 15 is 0 Å². The Morgan fingerprint density at radius 1 is 1.03 bits per heavy atom. The van der Waals surface area contributed by atoms with Crippen LogP contribution in [0.2, 0.25) is 0 Å². The molecular weight excluding hydrogens is 378 g/mol. The Bertz CT molecular complexity index is 1270. The predicted molar refractivity (Wildman–Crippen MR) is 106 cm³/mol. The summed E-state index contributed by atoms with van der Waals surface area (Å²) in [5.74, 6) is 0.905. The number of ether oxygens (including phenoxy) is 3. The Labute approximate surface area is 165 Å². The zero-order valence-corrected chi connectivity index (χ0v) is 16.6. The molecule has 2 N–H and O–H groups in total. The number of aromatic nitrogens is 3. The second-order valence-electron chi connectivity index (χ2n) is 6.18. The van der Waals surface area contributed by atoms with Crippen molar-refractivity contribution in [1.82, 2.24) is 14.1 Å². The van der Waals surface area contributed by atoms with Gasteiger partial charge in [0.2, 0.25) is 5.75 Å². The summed E-state index contributed by atoms with van der Waals surface area (Å²) >= 11 is 0. The van der Waals surface area contributed by atoms with E-state index in [0.29, 0.717) is 22.8 Å². The van der Waals surface area contributed by atoms with E-state index in [4.69, 9.17) is 19.9 Å². The molecule has 0 bridgehead atoms. The van der Waals surface area contributed by atoms with E-state index in [9.17, 15) is 14.9 Å². The standard InChI is InChI=1S/C19H19N5O5/c1-23-17-14(18(25)24(2)19(23)26)13(10(8-20)16(21)22-17)9-6-11(27-3)15(29-5)12(7-9)28-4/h6-7H,1-5H3,(H2,21,22). The van der Waals surface area contributed by atoms with Gasteiger partial charge in [-0.25, -0.2) is 9.78 Å². The van der Waals surface area contributed by atoms with Gasteiger partial charge in [0.05, 0.1) is 26.7 Å². The van der Waals surface area contributed by atoms with Gasteiger partial charge in [0.25, 0.3) is 5.56 Å². The van der Waals surface area contributed by atoms with Crippen molar-refractivity contribution in [1.29, 1.82) is 5.26 Å². The zero-order chi connectivity index (χ0) is 21.5. The fourth-order valence-electron chi connectivity index (χ4n) is 3.23. The predicted octanol–water partition coefficient (Wildman–Crippen LogP) is 0.779. The number of fused-ring (bicyclic) bond motifs is 1. The molecule has 3 aromatic rings. The highest BCUT2D eigenvalue weighted by molar-refractivity contribution is 5.98. The van der Waals surface area contributed by atoms with Crippen LogP contribution in [0.25, 0.3) is 22.2 Å². The van der Waals surface area contributed by atoms with Crippen LogP contribution in [0.4, 0.5) is 5.82 Å². The number of nitrogens with two attached hydrogens (primary N) is 1. The summed E-state index contributed by atoms with van der Waals surface area (Å²) in [5.41, 5.74) is 5.55. The van der Waals surface area contributed by atoms with Gasteiger partial charge in [0, 0.05) is 19.7 Å². The van der Waals surface area contributed by atoms with Gasteiger partial charge < -0.3 is 19.9 Å². The van der Waals surface area contributed by atoms with Crippen LogP contribution in [0.15, 0.2) is 21.7 Å². The third-order valence-corrected chi connectivity index (χ3v) is 4.68. The molecule has 0 radical (unpaired) electrons. The summed E-state index contributed by atoms with van der Waals surface area (Å²) in [6.07, 6.45) is 0. The maximum Gasteiger partial charge on any atom is 0.332 e. The highest BCUT2D eigenvalue weighted by atomic mass is 16.5. The van der Waals surface area contributed by atoms with Crippen LogP contribution in [-0.4, -0.2) is 35.4 Å². The number of benzene rings is 1. The van der Waals surface area contributed by atoms with Crippen molar-refractivity contribution in [2.45, 2.75) is 0 Å². The maximum atomic E-state index is 13.0. The zero-order valence-electron chi connectivity index (χ0n) is 16.6. The fourth-order valence-corrected chi connectivity index (χ4v) is 3.23.